The van der Waals surface area contributed by atoms with Crippen LogP contribution in [0.4, 0.5) is 5.82 Å². The molecule has 0 amide bonds. The molecule has 0 aromatic carbocycles. The predicted octanol–water partition coefficient (Wildman–Crippen LogP) is 3.95. The molecule has 0 saturated carbocycles. The summed E-state index contributed by atoms with van der Waals surface area (Å²) in [7, 11) is 1.82. The van der Waals surface area contributed by atoms with Crippen molar-refractivity contribution in [2.75, 3.05) is 31.6 Å². The SMILES string of the molecule is CCCCCCC(C)NC(=NC)NCc1ccc(N2CCOC(C)C2)nc1.I. The highest BCUT2D eigenvalue weighted by Crippen LogP contribution is 2.15. The van der Waals surface area contributed by atoms with Gasteiger partial charge in [0.2, 0.25) is 0 Å². The average molecular weight is 503 g/mol. The molecule has 2 rings (SSSR count). The number of halogens is 1. The zero-order valence-corrected chi connectivity index (χ0v) is 20.2. The van der Waals surface area contributed by atoms with Crippen molar-refractivity contribution in [1.82, 2.24) is 15.6 Å². The molecule has 1 aromatic heterocycles. The second-order valence-corrected chi connectivity index (χ2v) is 7.47. The first kappa shape index (κ1) is 24.9. The molecular formula is C21H38IN5O. The van der Waals surface area contributed by atoms with Gasteiger partial charge in [-0.3, -0.25) is 4.99 Å². The Balaban J connectivity index is 0.00000392. The lowest BCUT2D eigenvalue weighted by Gasteiger charge is -2.32. The zero-order valence-electron chi connectivity index (χ0n) is 17.9. The van der Waals surface area contributed by atoms with Gasteiger partial charge in [0.15, 0.2) is 5.96 Å². The van der Waals surface area contributed by atoms with Gasteiger partial charge < -0.3 is 20.3 Å². The third-order valence-corrected chi connectivity index (χ3v) is 4.93. The normalized spacial score (nSPS) is 18.4. The van der Waals surface area contributed by atoms with E-state index in [1.165, 1.54) is 32.1 Å². The van der Waals surface area contributed by atoms with Crippen LogP contribution in [-0.4, -0.2) is 49.8 Å². The lowest BCUT2D eigenvalue weighted by atomic mass is 10.1. The number of morpholine rings is 1. The van der Waals surface area contributed by atoms with Crippen molar-refractivity contribution in [2.24, 2.45) is 4.99 Å². The number of anilines is 1. The molecule has 1 fully saturated rings. The molecule has 0 aliphatic carbocycles. The summed E-state index contributed by atoms with van der Waals surface area (Å²) < 4.78 is 5.60. The number of ether oxygens (including phenoxy) is 1. The molecule has 0 spiro atoms. The predicted molar refractivity (Wildman–Crippen MR) is 129 cm³/mol. The van der Waals surface area contributed by atoms with Gasteiger partial charge in [-0.1, -0.05) is 38.7 Å². The number of rotatable bonds is 9. The highest BCUT2D eigenvalue weighted by molar-refractivity contribution is 14.0. The van der Waals surface area contributed by atoms with Gasteiger partial charge in [-0.15, -0.1) is 24.0 Å². The molecule has 2 atom stereocenters. The molecule has 0 bridgehead atoms. The van der Waals surface area contributed by atoms with Crippen LogP contribution >= 0.6 is 24.0 Å². The second kappa shape index (κ2) is 14.0. The number of aromatic nitrogens is 1. The maximum Gasteiger partial charge on any atom is 0.191 e. The van der Waals surface area contributed by atoms with Crippen LogP contribution < -0.4 is 15.5 Å². The van der Waals surface area contributed by atoms with Crippen molar-refractivity contribution in [1.29, 1.82) is 0 Å². The Morgan fingerprint density at radius 3 is 2.82 bits per heavy atom. The number of hydrogen-bond donors (Lipinski definition) is 2. The molecule has 1 saturated heterocycles. The van der Waals surface area contributed by atoms with Gasteiger partial charge in [-0.2, -0.15) is 0 Å². The van der Waals surface area contributed by atoms with Crippen LogP contribution in [-0.2, 0) is 11.3 Å². The minimum Gasteiger partial charge on any atom is -0.375 e. The molecule has 6 nitrogen and oxygen atoms in total. The molecule has 2 unspecified atom stereocenters. The number of pyridine rings is 1. The van der Waals surface area contributed by atoms with Crippen LogP contribution in [0.15, 0.2) is 23.3 Å². The first-order valence-electron chi connectivity index (χ1n) is 10.4. The first-order chi connectivity index (χ1) is 13.1. The Kier molecular flexibility index (Phi) is 12.5. The molecule has 1 aromatic rings. The number of guanidine groups is 1. The fraction of sp³-hybridized carbons (Fsp3) is 0.714. The summed E-state index contributed by atoms with van der Waals surface area (Å²) in [5.41, 5.74) is 1.15. The van der Waals surface area contributed by atoms with Gasteiger partial charge in [-0.05, 0) is 31.9 Å². The van der Waals surface area contributed by atoms with Gasteiger partial charge >= 0.3 is 0 Å². The van der Waals surface area contributed by atoms with Crippen LogP contribution in [0, 0.1) is 0 Å². The summed E-state index contributed by atoms with van der Waals surface area (Å²) in [4.78, 5) is 11.3. The van der Waals surface area contributed by atoms with E-state index >= 15 is 0 Å². The van der Waals surface area contributed by atoms with Gasteiger partial charge in [-0.25, -0.2) is 4.98 Å². The van der Waals surface area contributed by atoms with E-state index in [-0.39, 0.29) is 30.1 Å². The Labute approximate surface area is 187 Å². The Morgan fingerprint density at radius 1 is 1.36 bits per heavy atom. The standard InChI is InChI=1S/C21H37N5O.HI/c1-5-6-7-8-9-17(2)25-21(22-4)24-15-19-10-11-20(23-14-19)26-12-13-27-18(3)16-26;/h10-11,14,17-18H,5-9,12-13,15-16H2,1-4H3,(H2,22,24,25);1H. The first-order valence-corrected chi connectivity index (χ1v) is 10.4. The summed E-state index contributed by atoms with van der Waals surface area (Å²) in [6, 6.07) is 4.66. The molecule has 2 heterocycles. The molecule has 2 N–H and O–H groups in total. The number of aliphatic imine (C=N–C) groups is 1. The van der Waals surface area contributed by atoms with Crippen molar-refractivity contribution >= 4 is 35.8 Å². The maximum atomic E-state index is 5.60. The summed E-state index contributed by atoms with van der Waals surface area (Å²) in [5.74, 6) is 1.88. The topological polar surface area (TPSA) is 61.8 Å². The van der Waals surface area contributed by atoms with E-state index in [4.69, 9.17) is 4.74 Å². The molecule has 28 heavy (non-hydrogen) atoms. The average Bonchev–Trinajstić information content (AvgIpc) is 2.69. The Hall–Kier alpha value is -1.09. The van der Waals surface area contributed by atoms with E-state index in [9.17, 15) is 0 Å². The number of unbranched alkanes of at least 4 members (excludes halogenated alkanes) is 3. The second-order valence-electron chi connectivity index (χ2n) is 7.47. The van der Waals surface area contributed by atoms with E-state index in [0.717, 1.165) is 43.6 Å². The van der Waals surface area contributed by atoms with Crippen molar-refractivity contribution in [2.45, 2.75) is 71.6 Å². The van der Waals surface area contributed by atoms with Crippen molar-refractivity contribution in [3.63, 3.8) is 0 Å². The molecule has 1 aliphatic heterocycles. The molecule has 7 heteroatoms. The number of hydrogen-bond acceptors (Lipinski definition) is 4. The van der Waals surface area contributed by atoms with Crippen LogP contribution in [0.1, 0.15) is 58.4 Å². The fourth-order valence-corrected chi connectivity index (χ4v) is 3.30. The van der Waals surface area contributed by atoms with E-state index in [0.29, 0.717) is 6.04 Å². The fourth-order valence-electron chi connectivity index (χ4n) is 3.30. The minimum atomic E-state index is 0. The Morgan fingerprint density at radius 2 is 2.18 bits per heavy atom. The highest BCUT2D eigenvalue weighted by Gasteiger charge is 2.17. The molecule has 160 valence electrons. The van der Waals surface area contributed by atoms with E-state index in [2.05, 4.69) is 58.4 Å². The van der Waals surface area contributed by atoms with Crippen molar-refractivity contribution in [3.05, 3.63) is 23.9 Å². The van der Waals surface area contributed by atoms with Gasteiger partial charge in [0, 0.05) is 38.9 Å². The quantitative estimate of drug-likeness (QED) is 0.231. The molecular weight excluding hydrogens is 465 g/mol. The van der Waals surface area contributed by atoms with Gasteiger partial charge in [0.05, 0.1) is 12.7 Å². The van der Waals surface area contributed by atoms with E-state index in [1.54, 1.807) is 0 Å². The van der Waals surface area contributed by atoms with E-state index in [1.807, 2.05) is 13.2 Å². The summed E-state index contributed by atoms with van der Waals surface area (Å²) in [6.45, 7) is 9.86. The maximum absolute atomic E-state index is 5.60. The minimum absolute atomic E-state index is 0. The number of nitrogens with one attached hydrogen (secondary N) is 2. The third kappa shape index (κ3) is 8.94. The molecule has 0 radical (unpaired) electrons. The van der Waals surface area contributed by atoms with Crippen LogP contribution in [0.2, 0.25) is 0 Å². The van der Waals surface area contributed by atoms with Crippen molar-refractivity contribution < 1.29 is 4.74 Å². The smallest absolute Gasteiger partial charge is 0.191 e. The largest absolute Gasteiger partial charge is 0.375 e. The van der Waals surface area contributed by atoms with E-state index < -0.39 is 0 Å². The summed E-state index contributed by atoms with van der Waals surface area (Å²) in [6.07, 6.45) is 8.58. The zero-order chi connectivity index (χ0) is 19.5. The lowest BCUT2D eigenvalue weighted by Crippen LogP contribution is -2.42. The number of nitrogens with zero attached hydrogens (tertiary/aromatic N) is 3. The van der Waals surface area contributed by atoms with Crippen LogP contribution in [0.25, 0.3) is 0 Å². The summed E-state index contributed by atoms with van der Waals surface area (Å²) >= 11 is 0. The van der Waals surface area contributed by atoms with Gasteiger partial charge in [0.1, 0.15) is 5.82 Å². The van der Waals surface area contributed by atoms with Crippen LogP contribution in [0.5, 0.6) is 0 Å². The summed E-state index contributed by atoms with van der Waals surface area (Å²) in [5, 5.41) is 6.87. The van der Waals surface area contributed by atoms with Crippen LogP contribution in [0.3, 0.4) is 0 Å². The monoisotopic (exact) mass is 503 g/mol. The van der Waals surface area contributed by atoms with Crippen molar-refractivity contribution in [3.8, 4) is 0 Å². The third-order valence-electron chi connectivity index (χ3n) is 4.93. The molecule has 1 aliphatic rings. The Bertz CT molecular complexity index is 566. The highest BCUT2D eigenvalue weighted by atomic mass is 127. The lowest BCUT2D eigenvalue weighted by molar-refractivity contribution is 0.0529. The van der Waals surface area contributed by atoms with Gasteiger partial charge in [0.25, 0.3) is 0 Å².